The quantitative estimate of drug-likeness (QED) is 0.793. The van der Waals surface area contributed by atoms with E-state index in [0.29, 0.717) is 23.7 Å². The van der Waals surface area contributed by atoms with Crippen LogP contribution < -0.4 is 15.4 Å². The maximum absolute atomic E-state index is 12.8. The van der Waals surface area contributed by atoms with Gasteiger partial charge in [0.05, 0.1) is 0 Å². The highest BCUT2D eigenvalue weighted by molar-refractivity contribution is 6.30. The molecule has 0 unspecified atom stereocenters. The number of halogens is 1. The minimum absolute atomic E-state index is 0.139. The molecule has 0 spiro atoms. The number of piperazine rings is 1. The molecule has 150 valence electrons. The van der Waals surface area contributed by atoms with Crippen molar-refractivity contribution < 1.29 is 19.1 Å². The van der Waals surface area contributed by atoms with Gasteiger partial charge in [-0.15, -0.1) is 0 Å². The third kappa shape index (κ3) is 3.88. The SMILES string of the molecule is C[C@@H]1NC(=O)[C@@H]2C[C@H](NC(=O)c3cccnc3Oc3ccc(Cl)cc3)CN2C1=O. The summed E-state index contributed by atoms with van der Waals surface area (Å²) in [4.78, 5) is 43.0. The highest BCUT2D eigenvalue weighted by Gasteiger charge is 2.45. The van der Waals surface area contributed by atoms with Crippen molar-refractivity contribution in [3.63, 3.8) is 0 Å². The van der Waals surface area contributed by atoms with Crippen molar-refractivity contribution in [3.8, 4) is 11.6 Å². The molecule has 3 atom stereocenters. The van der Waals surface area contributed by atoms with E-state index in [1.807, 2.05) is 0 Å². The average Bonchev–Trinajstić information content (AvgIpc) is 3.13. The van der Waals surface area contributed by atoms with E-state index in [1.165, 1.54) is 11.1 Å². The molecular formula is C20H19ClN4O4. The molecule has 0 radical (unpaired) electrons. The summed E-state index contributed by atoms with van der Waals surface area (Å²) < 4.78 is 5.73. The van der Waals surface area contributed by atoms with Gasteiger partial charge in [0.2, 0.25) is 17.7 Å². The molecule has 8 nitrogen and oxygen atoms in total. The Kier molecular flexibility index (Phi) is 5.10. The molecule has 2 saturated heterocycles. The van der Waals surface area contributed by atoms with E-state index < -0.39 is 12.1 Å². The van der Waals surface area contributed by atoms with Crippen LogP contribution in [-0.4, -0.2) is 52.3 Å². The summed E-state index contributed by atoms with van der Waals surface area (Å²) in [6.45, 7) is 1.94. The predicted molar refractivity (Wildman–Crippen MR) is 105 cm³/mol. The molecule has 4 rings (SSSR count). The number of pyridine rings is 1. The summed E-state index contributed by atoms with van der Waals surface area (Å²) >= 11 is 5.88. The van der Waals surface area contributed by atoms with Crippen LogP contribution in [0.2, 0.25) is 5.02 Å². The first-order chi connectivity index (χ1) is 13.9. The maximum atomic E-state index is 12.8. The van der Waals surface area contributed by atoms with Gasteiger partial charge in [0, 0.05) is 23.8 Å². The summed E-state index contributed by atoms with van der Waals surface area (Å²) in [5.41, 5.74) is 0.261. The van der Waals surface area contributed by atoms with E-state index in [4.69, 9.17) is 16.3 Å². The third-order valence-electron chi connectivity index (χ3n) is 5.00. The monoisotopic (exact) mass is 414 g/mol. The summed E-state index contributed by atoms with van der Waals surface area (Å²) in [6, 6.07) is 8.52. The fraction of sp³-hybridized carbons (Fsp3) is 0.300. The van der Waals surface area contributed by atoms with Crippen molar-refractivity contribution in [2.45, 2.75) is 31.5 Å². The lowest BCUT2D eigenvalue weighted by Crippen LogP contribution is -2.60. The van der Waals surface area contributed by atoms with E-state index in [0.717, 1.165) is 0 Å². The minimum Gasteiger partial charge on any atom is -0.438 e. The molecule has 3 heterocycles. The zero-order chi connectivity index (χ0) is 20.5. The van der Waals surface area contributed by atoms with Crippen LogP contribution >= 0.6 is 11.6 Å². The second-order valence-corrected chi connectivity index (χ2v) is 7.49. The Bertz CT molecular complexity index is 965. The van der Waals surface area contributed by atoms with Crippen LogP contribution in [0.5, 0.6) is 11.6 Å². The van der Waals surface area contributed by atoms with Crippen LogP contribution in [0.25, 0.3) is 0 Å². The van der Waals surface area contributed by atoms with Gasteiger partial charge in [-0.25, -0.2) is 4.98 Å². The molecule has 1 aromatic carbocycles. The van der Waals surface area contributed by atoms with E-state index >= 15 is 0 Å². The fourth-order valence-corrected chi connectivity index (χ4v) is 3.70. The summed E-state index contributed by atoms with van der Waals surface area (Å²) in [5, 5.41) is 6.12. The average molecular weight is 415 g/mol. The molecule has 0 bridgehead atoms. The molecule has 2 aliphatic heterocycles. The second kappa shape index (κ2) is 7.71. The summed E-state index contributed by atoms with van der Waals surface area (Å²) in [5.74, 6) is -0.0591. The Hall–Kier alpha value is -3.13. The predicted octanol–water partition coefficient (Wildman–Crippen LogP) is 1.74. The van der Waals surface area contributed by atoms with Crippen molar-refractivity contribution in [3.05, 3.63) is 53.2 Å². The number of benzene rings is 1. The molecule has 29 heavy (non-hydrogen) atoms. The van der Waals surface area contributed by atoms with Crippen LogP contribution in [-0.2, 0) is 9.59 Å². The lowest BCUT2D eigenvalue weighted by atomic mass is 10.1. The second-order valence-electron chi connectivity index (χ2n) is 7.05. The molecule has 2 N–H and O–H groups in total. The topological polar surface area (TPSA) is 101 Å². The van der Waals surface area contributed by atoms with Gasteiger partial charge in [0.1, 0.15) is 23.4 Å². The first-order valence-corrected chi connectivity index (χ1v) is 9.60. The summed E-state index contributed by atoms with van der Waals surface area (Å²) in [7, 11) is 0. The van der Waals surface area contributed by atoms with Crippen LogP contribution in [0.4, 0.5) is 0 Å². The molecule has 2 aliphatic rings. The van der Waals surface area contributed by atoms with Gasteiger partial charge in [0.25, 0.3) is 5.91 Å². The molecule has 2 fully saturated rings. The highest BCUT2D eigenvalue weighted by atomic mass is 35.5. The zero-order valence-electron chi connectivity index (χ0n) is 15.6. The van der Waals surface area contributed by atoms with E-state index in [-0.39, 0.29) is 35.2 Å². The number of carbonyl (C=O) groups is 3. The first-order valence-electron chi connectivity index (χ1n) is 9.22. The molecule has 3 amide bonds. The standard InChI is InChI=1S/C20H19ClN4O4/c1-11-20(28)25-10-13(9-16(25)18(27)23-11)24-17(26)15-3-2-8-22-19(15)29-14-6-4-12(21)5-7-14/h2-8,11,13,16H,9-10H2,1H3,(H,23,27)(H,24,26)/t11-,13-,16-/m0/s1. The van der Waals surface area contributed by atoms with Gasteiger partial charge in [-0.05, 0) is 49.7 Å². The van der Waals surface area contributed by atoms with Gasteiger partial charge in [0.15, 0.2) is 0 Å². The number of hydrogen-bond acceptors (Lipinski definition) is 5. The number of fused-ring (bicyclic) bond motifs is 1. The number of carbonyl (C=O) groups excluding carboxylic acids is 3. The van der Waals surface area contributed by atoms with E-state index in [2.05, 4.69) is 15.6 Å². The Morgan fingerprint density at radius 2 is 2.03 bits per heavy atom. The fourth-order valence-electron chi connectivity index (χ4n) is 3.58. The summed E-state index contributed by atoms with van der Waals surface area (Å²) in [6.07, 6.45) is 1.89. The van der Waals surface area contributed by atoms with Crippen molar-refractivity contribution in [1.82, 2.24) is 20.5 Å². The van der Waals surface area contributed by atoms with Gasteiger partial charge in [-0.1, -0.05) is 11.6 Å². The molecule has 2 aromatic rings. The molecule has 1 aromatic heterocycles. The molecule has 0 saturated carbocycles. The Balaban J connectivity index is 1.47. The van der Waals surface area contributed by atoms with Gasteiger partial charge < -0.3 is 20.3 Å². The van der Waals surface area contributed by atoms with E-state index in [1.54, 1.807) is 43.3 Å². The van der Waals surface area contributed by atoms with Crippen molar-refractivity contribution >= 4 is 29.3 Å². The number of nitrogens with zero attached hydrogens (tertiary/aromatic N) is 2. The van der Waals surface area contributed by atoms with Gasteiger partial charge in [-0.3, -0.25) is 14.4 Å². The Morgan fingerprint density at radius 3 is 2.79 bits per heavy atom. The van der Waals surface area contributed by atoms with E-state index in [9.17, 15) is 14.4 Å². The third-order valence-corrected chi connectivity index (χ3v) is 5.25. The zero-order valence-corrected chi connectivity index (χ0v) is 16.3. The number of ether oxygens (including phenoxy) is 1. The van der Waals surface area contributed by atoms with Gasteiger partial charge >= 0.3 is 0 Å². The van der Waals surface area contributed by atoms with Crippen LogP contribution in [0.15, 0.2) is 42.6 Å². The van der Waals surface area contributed by atoms with Crippen molar-refractivity contribution in [1.29, 1.82) is 0 Å². The van der Waals surface area contributed by atoms with Crippen LogP contribution in [0.3, 0.4) is 0 Å². The van der Waals surface area contributed by atoms with Crippen LogP contribution in [0, 0.1) is 0 Å². The molecule has 0 aliphatic carbocycles. The normalized spacial score (nSPS) is 23.4. The minimum atomic E-state index is -0.553. The molecular weight excluding hydrogens is 396 g/mol. The van der Waals surface area contributed by atoms with Crippen molar-refractivity contribution in [2.24, 2.45) is 0 Å². The first kappa shape index (κ1) is 19.2. The number of nitrogens with one attached hydrogen (secondary N) is 2. The maximum Gasteiger partial charge on any atom is 0.257 e. The number of aromatic nitrogens is 1. The lowest BCUT2D eigenvalue weighted by molar-refractivity contribution is -0.146. The van der Waals surface area contributed by atoms with Gasteiger partial charge in [-0.2, -0.15) is 0 Å². The Labute approximate surface area is 172 Å². The number of rotatable bonds is 4. The Morgan fingerprint density at radius 1 is 1.28 bits per heavy atom. The number of amides is 3. The smallest absolute Gasteiger partial charge is 0.257 e. The van der Waals surface area contributed by atoms with Crippen molar-refractivity contribution in [2.75, 3.05) is 6.54 Å². The number of hydrogen-bond donors (Lipinski definition) is 2. The molecule has 9 heteroatoms. The van der Waals surface area contributed by atoms with Crippen LogP contribution in [0.1, 0.15) is 23.7 Å². The highest BCUT2D eigenvalue weighted by Crippen LogP contribution is 2.26. The lowest BCUT2D eigenvalue weighted by Gasteiger charge is -2.32. The largest absolute Gasteiger partial charge is 0.438 e.